The Morgan fingerprint density at radius 2 is 1.00 bits per heavy atom. The maximum absolute atomic E-state index is 0. The second-order valence-electron chi connectivity index (χ2n) is 0. The van der Waals surface area contributed by atoms with Gasteiger partial charge in [-0.05, 0) is 0 Å². The van der Waals surface area contributed by atoms with E-state index in [2.05, 4.69) is 0 Å². The van der Waals surface area contributed by atoms with Gasteiger partial charge in [-0.3, -0.25) is 0 Å². The Hall–Kier alpha value is 2.82. The van der Waals surface area contributed by atoms with Crippen molar-refractivity contribution in [2.45, 2.75) is 0 Å². The second kappa shape index (κ2) is 17.0. The van der Waals surface area contributed by atoms with Crippen molar-refractivity contribution in [1.82, 2.24) is 0 Å². The minimum absolute atomic E-state index is 0. The summed E-state index contributed by atoms with van der Waals surface area (Å²) < 4.78 is 0. The van der Waals surface area contributed by atoms with E-state index < -0.39 is 0 Å². The molecule has 0 aliphatic carbocycles. The summed E-state index contributed by atoms with van der Waals surface area (Å²) in [5, 5.41) is 0. The first kappa shape index (κ1) is 29.1. The second-order valence-corrected chi connectivity index (χ2v) is 0. The largest absolute Gasteiger partial charge is 0 e. The topological polar surface area (TPSA) is 0 Å². The molecule has 0 spiro atoms. The maximum atomic E-state index is 0. The molecule has 0 aliphatic rings. The molecule has 0 atom stereocenters. The molecule has 0 amide bonds. The van der Waals surface area contributed by atoms with Crippen LogP contribution in [0, 0.1) is 0 Å². The summed E-state index contributed by atoms with van der Waals surface area (Å²) in [6.45, 7) is 0. The van der Waals surface area contributed by atoms with E-state index in [1.54, 1.807) is 0 Å². The average Bonchev–Trinajstić information content (AvgIpc) is 0. The number of hydrogen-bond acceptors (Lipinski definition) is 0. The normalized spacial score (nSPS) is 0. The van der Waals surface area contributed by atoms with Gasteiger partial charge in [0.25, 0.3) is 0 Å². The zero-order valence-corrected chi connectivity index (χ0v) is 10.0. The summed E-state index contributed by atoms with van der Waals surface area (Å²) in [7, 11) is 0. The van der Waals surface area contributed by atoms with Crippen LogP contribution in [0.4, 0.5) is 0 Å². The fraction of sp³-hybridized carbons (Fsp3) is 0. The van der Waals surface area contributed by atoms with Crippen LogP contribution in [0.2, 0.25) is 0 Å². The third-order valence-corrected chi connectivity index (χ3v) is 0. The summed E-state index contributed by atoms with van der Waals surface area (Å²) in [6, 6.07) is 0. The molecule has 0 nitrogen and oxygen atoms in total. The standard InChI is InChI=1S/Au.Ni.Pb.Pd. The third-order valence-electron chi connectivity index (χ3n) is 0. The van der Waals surface area contributed by atoms with E-state index in [4.69, 9.17) is 0 Å². The van der Waals surface area contributed by atoms with E-state index in [0.29, 0.717) is 0 Å². The molecule has 0 N–H and O–H groups in total. The van der Waals surface area contributed by atoms with Gasteiger partial charge in [-0.1, -0.05) is 0 Å². The minimum Gasteiger partial charge on any atom is 0 e. The molecule has 0 rings (SSSR count). The van der Waals surface area contributed by atoms with Crippen molar-refractivity contribution >= 4 is 27.3 Å². The summed E-state index contributed by atoms with van der Waals surface area (Å²) in [5.74, 6) is 0. The SMILES string of the molecule is [Au].[Ni].[Pb].[Pd]. The Morgan fingerprint density at radius 3 is 1.00 bits per heavy atom. The summed E-state index contributed by atoms with van der Waals surface area (Å²) in [5.41, 5.74) is 0. The van der Waals surface area contributed by atoms with Gasteiger partial charge in [-0.25, -0.2) is 0 Å². The van der Waals surface area contributed by atoms with Crippen LogP contribution in [0.5, 0.6) is 0 Å². The molecule has 4 heavy (non-hydrogen) atoms. The zero-order valence-electron chi connectivity index (χ0n) is 1.43. The van der Waals surface area contributed by atoms with Crippen LogP contribution in [0.1, 0.15) is 0 Å². The van der Waals surface area contributed by atoms with Crippen LogP contribution in [0.25, 0.3) is 0 Å². The van der Waals surface area contributed by atoms with E-state index in [-0.39, 0.29) is 86.6 Å². The Bertz CT molecular complexity index is 8.00. The Labute approximate surface area is 85.1 Å². The number of rotatable bonds is 0. The van der Waals surface area contributed by atoms with Crippen molar-refractivity contribution in [3.05, 3.63) is 0 Å². The van der Waals surface area contributed by atoms with Crippen LogP contribution in [0.3, 0.4) is 0 Å². The third kappa shape index (κ3) is 8.84. The van der Waals surface area contributed by atoms with Gasteiger partial charge in [0.15, 0.2) is 0 Å². The van der Waals surface area contributed by atoms with Crippen LogP contribution in [-0.2, 0) is 59.3 Å². The Kier molecular flexibility index (Phi) is 124. The van der Waals surface area contributed by atoms with Crippen molar-refractivity contribution in [2.75, 3.05) is 0 Å². The predicted octanol–water partition coefficient (Wildman–Crippen LogP) is -0.388. The van der Waals surface area contributed by atoms with E-state index >= 15 is 0 Å². The molecule has 4 heteroatoms. The van der Waals surface area contributed by atoms with Gasteiger partial charge in [-0.2, -0.15) is 0 Å². The molecule has 0 bridgehead atoms. The average molecular weight is 569 g/mol. The van der Waals surface area contributed by atoms with Gasteiger partial charge in [0.1, 0.15) is 0 Å². The van der Waals surface area contributed by atoms with Gasteiger partial charge in [0.2, 0.25) is 0 Å². The Morgan fingerprint density at radius 1 is 1.00 bits per heavy atom. The van der Waals surface area contributed by atoms with Crippen molar-refractivity contribution < 1.29 is 59.3 Å². The molecule has 0 saturated carbocycles. The zero-order chi connectivity index (χ0) is 0. The Balaban J connectivity index is 0. The molecule has 0 unspecified atom stereocenters. The molecule has 0 heterocycles. The van der Waals surface area contributed by atoms with Crippen LogP contribution in [-0.4, -0.2) is 27.3 Å². The first-order chi connectivity index (χ1) is 0. The molecule has 5 radical (unpaired) electrons. The molecule has 0 aromatic carbocycles. The van der Waals surface area contributed by atoms with E-state index in [1.807, 2.05) is 0 Å². The van der Waals surface area contributed by atoms with Crippen LogP contribution >= 0.6 is 0 Å². The molecule has 35 valence electrons. The summed E-state index contributed by atoms with van der Waals surface area (Å²) in [4.78, 5) is 0. The van der Waals surface area contributed by atoms with E-state index in [0.717, 1.165) is 0 Å². The monoisotopic (exact) mass is 569 g/mol. The van der Waals surface area contributed by atoms with Crippen LogP contribution < -0.4 is 0 Å². The first-order valence-corrected chi connectivity index (χ1v) is 0. The molecular weight excluding hydrogens is 569 g/mol. The molecule has 0 aromatic rings. The quantitative estimate of drug-likeness (QED) is 0.349. The molecule has 0 saturated heterocycles. The molecule has 0 aliphatic heterocycles. The van der Waals surface area contributed by atoms with Crippen molar-refractivity contribution in [1.29, 1.82) is 0 Å². The van der Waals surface area contributed by atoms with Crippen LogP contribution in [0.15, 0.2) is 0 Å². The molecule has 0 fully saturated rings. The first-order valence-electron chi connectivity index (χ1n) is 0. The fourth-order valence-electron chi connectivity index (χ4n) is 0. The van der Waals surface area contributed by atoms with Crippen molar-refractivity contribution in [3.8, 4) is 0 Å². The molecule has 0 aromatic heterocycles. The molecular formula is AuNiPbPd. The van der Waals surface area contributed by atoms with Gasteiger partial charge in [0.05, 0.1) is 0 Å². The van der Waals surface area contributed by atoms with E-state index in [9.17, 15) is 0 Å². The fourth-order valence-corrected chi connectivity index (χ4v) is 0. The summed E-state index contributed by atoms with van der Waals surface area (Å²) in [6.07, 6.45) is 0. The van der Waals surface area contributed by atoms with Gasteiger partial charge >= 0.3 is 0 Å². The van der Waals surface area contributed by atoms with Gasteiger partial charge in [-0.15, -0.1) is 0 Å². The van der Waals surface area contributed by atoms with Gasteiger partial charge in [0, 0.05) is 86.6 Å². The minimum atomic E-state index is 0. The predicted molar refractivity (Wildman–Crippen MR) is 5.75 cm³/mol. The maximum Gasteiger partial charge on any atom is 0 e. The summed E-state index contributed by atoms with van der Waals surface area (Å²) >= 11 is 0. The smallest absolute Gasteiger partial charge is 0 e. The number of hydrogen-bond donors (Lipinski definition) is 0. The van der Waals surface area contributed by atoms with Crippen molar-refractivity contribution in [3.63, 3.8) is 0 Å². The van der Waals surface area contributed by atoms with Gasteiger partial charge < -0.3 is 0 Å². The van der Waals surface area contributed by atoms with E-state index in [1.165, 1.54) is 0 Å². The van der Waals surface area contributed by atoms with Crippen molar-refractivity contribution in [2.24, 2.45) is 0 Å².